The molecule has 0 saturated carbocycles. The van der Waals surface area contributed by atoms with E-state index in [0.29, 0.717) is 12.8 Å². The summed E-state index contributed by atoms with van der Waals surface area (Å²) in [5.41, 5.74) is 9.59. The highest BCUT2D eigenvalue weighted by atomic mass is 16.5. The molecule has 2 aromatic heterocycles. The molecule has 3 fully saturated rings. The van der Waals surface area contributed by atoms with E-state index in [-0.39, 0.29) is 23.9 Å². The Kier molecular flexibility index (Phi) is 10.8. The van der Waals surface area contributed by atoms with Gasteiger partial charge >= 0.3 is 0 Å². The average molecular weight is 760 g/mol. The Morgan fingerprint density at radius 1 is 0.579 bits per heavy atom. The van der Waals surface area contributed by atoms with Crippen molar-refractivity contribution < 1.29 is 14.3 Å². The van der Waals surface area contributed by atoms with E-state index in [2.05, 4.69) is 81.6 Å². The van der Waals surface area contributed by atoms with Gasteiger partial charge in [-0.1, -0.05) is 103 Å². The number of hydrogen-bond donors (Lipinski definition) is 2. The van der Waals surface area contributed by atoms with E-state index in [9.17, 15) is 9.59 Å². The number of amides is 2. The van der Waals surface area contributed by atoms with Crippen LogP contribution in [-0.4, -0.2) is 85.8 Å². The molecule has 290 valence electrons. The van der Waals surface area contributed by atoms with Gasteiger partial charge in [0.15, 0.2) is 0 Å². The molecule has 6 aromatic rings. The minimum absolute atomic E-state index is 0.0302. The van der Waals surface area contributed by atoms with Gasteiger partial charge in [0.2, 0.25) is 11.8 Å². The number of hydrogen-bond acceptors (Lipinski definition) is 6. The van der Waals surface area contributed by atoms with Gasteiger partial charge in [-0.2, -0.15) is 0 Å². The summed E-state index contributed by atoms with van der Waals surface area (Å²) >= 11 is 0. The van der Waals surface area contributed by atoms with Gasteiger partial charge in [-0.25, -0.2) is 9.97 Å². The number of carbonyl (C=O) groups is 2. The predicted octanol–water partition coefficient (Wildman–Crippen LogP) is 7.78. The van der Waals surface area contributed by atoms with E-state index in [1.807, 2.05) is 58.6 Å². The van der Waals surface area contributed by atoms with E-state index in [1.54, 1.807) is 0 Å². The van der Waals surface area contributed by atoms with Crippen molar-refractivity contribution >= 4 is 11.8 Å². The van der Waals surface area contributed by atoms with Crippen LogP contribution >= 0.6 is 0 Å². The van der Waals surface area contributed by atoms with E-state index in [0.717, 1.165) is 128 Å². The van der Waals surface area contributed by atoms with Crippen LogP contribution in [0.4, 0.5) is 0 Å². The molecule has 10 nitrogen and oxygen atoms in total. The standard InChI is InChI=1S/C47H49N7O3/c55-44(28-33-8-2-1-3-9-33)53-22-6-12-42(53)46-48-30-40(50-46)36-18-14-34(15-19-36)35-16-20-37(21-17-35)41-31-49-47(51-41)43-13-7-23-54(43)45(56)29-38-10-4-5-11-39(38)32-52-24-26-57-27-25-52/h1-5,8-11,14-21,30-31,42-43H,6-7,12-13,22-29,32H2,(H,48,50)(H,49,51)/t42-,43-/m0/s1. The number of likely N-dealkylation sites (tertiary alicyclic amines) is 2. The predicted molar refractivity (Wildman–Crippen MR) is 221 cm³/mol. The minimum Gasteiger partial charge on any atom is -0.379 e. The molecule has 0 radical (unpaired) electrons. The Bertz CT molecular complexity index is 2290. The minimum atomic E-state index is -0.0550. The van der Waals surface area contributed by atoms with Gasteiger partial charge in [0.25, 0.3) is 0 Å². The zero-order valence-electron chi connectivity index (χ0n) is 32.3. The number of ether oxygens (including phenoxy) is 1. The van der Waals surface area contributed by atoms with Crippen LogP contribution < -0.4 is 0 Å². The zero-order chi connectivity index (χ0) is 38.6. The Morgan fingerprint density at radius 3 is 1.63 bits per heavy atom. The number of rotatable bonds is 11. The number of aromatic amines is 2. The van der Waals surface area contributed by atoms with Gasteiger partial charge in [0.05, 0.1) is 61.9 Å². The second kappa shape index (κ2) is 16.7. The van der Waals surface area contributed by atoms with Crippen LogP contribution in [0.1, 0.15) is 66.1 Å². The van der Waals surface area contributed by atoms with Crippen LogP contribution in [0.25, 0.3) is 33.6 Å². The molecule has 2 amide bonds. The molecule has 5 heterocycles. The SMILES string of the molecule is O=C(Cc1ccccc1)N1CCC[C@H]1c1ncc(-c2ccc(-c3ccc(-c4cnc([C@@H]5CCCN5C(=O)Cc5ccccc5CN5CCOCC5)[nH]4)cc3)cc2)[nH]1. The molecule has 4 aromatic carbocycles. The first kappa shape index (κ1) is 36.8. The number of aromatic nitrogens is 4. The van der Waals surface area contributed by atoms with E-state index in [1.165, 1.54) is 5.56 Å². The molecular formula is C47H49N7O3. The van der Waals surface area contributed by atoms with Crippen LogP contribution in [-0.2, 0) is 33.7 Å². The number of nitrogens with one attached hydrogen (secondary N) is 2. The lowest BCUT2D eigenvalue weighted by Crippen LogP contribution is -2.36. The maximum absolute atomic E-state index is 13.8. The molecule has 2 atom stereocenters. The summed E-state index contributed by atoms with van der Waals surface area (Å²) in [6, 6.07) is 35.2. The fourth-order valence-corrected chi connectivity index (χ4v) is 8.71. The third-order valence-electron chi connectivity index (χ3n) is 11.8. The van der Waals surface area contributed by atoms with Crippen LogP contribution in [0.5, 0.6) is 0 Å². The monoisotopic (exact) mass is 759 g/mol. The van der Waals surface area contributed by atoms with Crippen molar-refractivity contribution in [1.82, 2.24) is 34.6 Å². The topological polar surface area (TPSA) is 110 Å². The van der Waals surface area contributed by atoms with Crippen molar-refractivity contribution in [2.45, 2.75) is 57.2 Å². The van der Waals surface area contributed by atoms with Gasteiger partial charge in [-0.05, 0) is 64.6 Å². The quantitative estimate of drug-likeness (QED) is 0.140. The Hall–Kier alpha value is -5.84. The third kappa shape index (κ3) is 8.19. The highest BCUT2D eigenvalue weighted by Gasteiger charge is 2.33. The largest absolute Gasteiger partial charge is 0.379 e. The number of imidazole rings is 2. The third-order valence-corrected chi connectivity index (χ3v) is 11.8. The molecule has 9 rings (SSSR count). The summed E-state index contributed by atoms with van der Waals surface area (Å²) in [5.74, 6) is 1.99. The van der Waals surface area contributed by atoms with Gasteiger partial charge in [-0.3, -0.25) is 14.5 Å². The zero-order valence-corrected chi connectivity index (χ0v) is 32.3. The first-order chi connectivity index (χ1) is 28.1. The van der Waals surface area contributed by atoms with Crippen molar-refractivity contribution in [3.05, 3.63) is 144 Å². The molecule has 3 aliphatic rings. The van der Waals surface area contributed by atoms with Crippen LogP contribution in [0.2, 0.25) is 0 Å². The summed E-state index contributed by atoms with van der Waals surface area (Å²) in [6.07, 6.45) is 8.32. The highest BCUT2D eigenvalue weighted by molar-refractivity contribution is 5.80. The fourth-order valence-electron chi connectivity index (χ4n) is 8.71. The van der Waals surface area contributed by atoms with Crippen molar-refractivity contribution in [3.8, 4) is 33.6 Å². The van der Waals surface area contributed by atoms with Crippen LogP contribution in [0.3, 0.4) is 0 Å². The summed E-state index contributed by atoms with van der Waals surface area (Å²) in [5, 5.41) is 0. The highest BCUT2D eigenvalue weighted by Crippen LogP contribution is 2.35. The Morgan fingerprint density at radius 2 is 1.07 bits per heavy atom. The molecule has 3 aliphatic heterocycles. The van der Waals surface area contributed by atoms with Crippen LogP contribution in [0.15, 0.2) is 116 Å². The molecule has 0 aliphatic carbocycles. The van der Waals surface area contributed by atoms with Crippen molar-refractivity contribution in [3.63, 3.8) is 0 Å². The summed E-state index contributed by atoms with van der Waals surface area (Å²) < 4.78 is 5.53. The maximum atomic E-state index is 13.8. The number of H-pyrrole nitrogens is 2. The molecule has 2 N–H and O–H groups in total. The summed E-state index contributed by atoms with van der Waals surface area (Å²) in [6.45, 7) is 5.71. The molecule has 0 spiro atoms. The molecular weight excluding hydrogens is 711 g/mol. The maximum Gasteiger partial charge on any atom is 0.227 e. The van der Waals surface area contributed by atoms with Crippen molar-refractivity contribution in [2.75, 3.05) is 39.4 Å². The number of nitrogens with zero attached hydrogens (tertiary/aromatic N) is 5. The molecule has 10 heteroatoms. The van der Waals surface area contributed by atoms with Gasteiger partial charge in [0, 0.05) is 32.7 Å². The van der Waals surface area contributed by atoms with Crippen LogP contribution in [0, 0.1) is 0 Å². The number of morpholine rings is 1. The van der Waals surface area contributed by atoms with E-state index < -0.39 is 0 Å². The lowest BCUT2D eigenvalue weighted by molar-refractivity contribution is -0.132. The second-order valence-corrected chi connectivity index (χ2v) is 15.5. The molecule has 0 bridgehead atoms. The summed E-state index contributed by atoms with van der Waals surface area (Å²) in [4.78, 5) is 50.0. The van der Waals surface area contributed by atoms with Gasteiger partial charge in [-0.15, -0.1) is 0 Å². The lowest BCUT2D eigenvalue weighted by Gasteiger charge is -2.28. The van der Waals surface area contributed by atoms with E-state index >= 15 is 0 Å². The number of carbonyl (C=O) groups excluding carboxylic acids is 2. The summed E-state index contributed by atoms with van der Waals surface area (Å²) in [7, 11) is 0. The normalized spacial score (nSPS) is 18.7. The second-order valence-electron chi connectivity index (χ2n) is 15.5. The first-order valence-electron chi connectivity index (χ1n) is 20.4. The van der Waals surface area contributed by atoms with Crippen molar-refractivity contribution in [1.29, 1.82) is 0 Å². The first-order valence-corrected chi connectivity index (χ1v) is 20.4. The van der Waals surface area contributed by atoms with Crippen molar-refractivity contribution in [2.24, 2.45) is 0 Å². The molecule has 3 saturated heterocycles. The molecule has 0 unspecified atom stereocenters. The fraction of sp³-hybridized carbons (Fsp3) is 0.319. The van der Waals surface area contributed by atoms with Gasteiger partial charge in [0.1, 0.15) is 11.6 Å². The average Bonchev–Trinajstić information content (AvgIpc) is 4.10. The Labute approximate surface area is 333 Å². The number of benzene rings is 4. The van der Waals surface area contributed by atoms with Gasteiger partial charge < -0.3 is 24.5 Å². The molecule has 57 heavy (non-hydrogen) atoms. The lowest BCUT2D eigenvalue weighted by atomic mass is 10.0. The Balaban J connectivity index is 0.825. The smallest absolute Gasteiger partial charge is 0.227 e. The van der Waals surface area contributed by atoms with E-state index in [4.69, 9.17) is 14.7 Å².